The van der Waals surface area contributed by atoms with Gasteiger partial charge in [0.25, 0.3) is 0 Å². The molecule has 0 amide bonds. The lowest BCUT2D eigenvalue weighted by atomic mass is 10.0. The van der Waals surface area contributed by atoms with Crippen molar-refractivity contribution in [3.8, 4) is 23.5 Å². The lowest BCUT2D eigenvalue weighted by molar-refractivity contribution is 0.0597. The largest absolute Gasteiger partial charge is 0.481 e. The van der Waals surface area contributed by atoms with E-state index in [2.05, 4.69) is 21.7 Å². The Labute approximate surface area is 162 Å². The molecule has 2 rings (SSSR count). The zero-order valence-corrected chi connectivity index (χ0v) is 16.1. The second kappa shape index (κ2) is 9.91. The number of nitrogens with zero attached hydrogens (tertiary/aromatic N) is 3. The van der Waals surface area contributed by atoms with Gasteiger partial charge >= 0.3 is 12.0 Å². The molecular weight excluding hydrogens is 366 g/mol. The van der Waals surface area contributed by atoms with Crippen LogP contribution in [0.3, 0.4) is 0 Å². The topological polar surface area (TPSA) is 101 Å². The summed E-state index contributed by atoms with van der Waals surface area (Å²) in [6.45, 7) is 5.48. The van der Waals surface area contributed by atoms with Gasteiger partial charge in [-0.15, -0.1) is 0 Å². The van der Waals surface area contributed by atoms with Crippen LogP contribution < -0.4 is 14.2 Å². The number of hydrogen-bond donors (Lipinski definition) is 0. The Morgan fingerprint density at radius 3 is 2.43 bits per heavy atom. The molecule has 0 radical (unpaired) electrons. The fourth-order valence-electron chi connectivity index (χ4n) is 2.20. The van der Waals surface area contributed by atoms with Gasteiger partial charge in [-0.25, -0.2) is 4.79 Å². The van der Waals surface area contributed by atoms with Crippen LogP contribution in [-0.4, -0.2) is 49.6 Å². The van der Waals surface area contributed by atoms with E-state index < -0.39 is 5.97 Å². The molecule has 0 aliphatic heterocycles. The van der Waals surface area contributed by atoms with Crippen molar-refractivity contribution in [2.45, 2.75) is 6.92 Å². The van der Waals surface area contributed by atoms with Gasteiger partial charge in [0, 0.05) is 5.56 Å². The molecule has 0 N–H and O–H groups in total. The van der Waals surface area contributed by atoms with Gasteiger partial charge < -0.3 is 23.8 Å². The highest BCUT2D eigenvalue weighted by Crippen LogP contribution is 2.29. The minimum absolute atomic E-state index is 0.0593. The van der Waals surface area contributed by atoms with Gasteiger partial charge in [0.05, 0.1) is 33.1 Å². The standard InChI is InChI=1S/C19H21N3O6/c1-6-10-27-22-12(2)13-8-7-9-14(17(13)18(23)26-5)28-19-20-15(24-3)11-16(21-19)25-4/h6-9,11H,1,10H2,2-5H3/b22-12+. The molecule has 0 unspecified atom stereocenters. The van der Waals surface area contributed by atoms with Crippen LogP contribution in [0.2, 0.25) is 0 Å². The average molecular weight is 387 g/mol. The predicted octanol–water partition coefficient (Wildman–Crippen LogP) is 3.00. The number of rotatable bonds is 9. The van der Waals surface area contributed by atoms with Gasteiger partial charge in [-0.2, -0.15) is 9.97 Å². The van der Waals surface area contributed by atoms with Crippen LogP contribution in [0.25, 0.3) is 0 Å². The van der Waals surface area contributed by atoms with Crippen LogP contribution in [0.15, 0.2) is 42.1 Å². The van der Waals surface area contributed by atoms with E-state index in [1.54, 1.807) is 31.2 Å². The van der Waals surface area contributed by atoms with Crippen molar-refractivity contribution in [1.82, 2.24) is 9.97 Å². The maximum Gasteiger partial charge on any atom is 0.342 e. The second-order valence-corrected chi connectivity index (χ2v) is 5.27. The minimum Gasteiger partial charge on any atom is -0.481 e. The SMILES string of the molecule is C=CCO/N=C(\C)c1cccc(Oc2nc(OC)cc(OC)n2)c1C(=O)OC. The minimum atomic E-state index is -0.612. The van der Waals surface area contributed by atoms with Crippen molar-refractivity contribution in [2.24, 2.45) is 5.16 Å². The van der Waals surface area contributed by atoms with Crippen molar-refractivity contribution >= 4 is 11.7 Å². The van der Waals surface area contributed by atoms with E-state index in [4.69, 9.17) is 23.8 Å². The number of esters is 1. The maximum atomic E-state index is 12.4. The number of hydrogen-bond acceptors (Lipinski definition) is 9. The molecule has 0 fully saturated rings. The van der Waals surface area contributed by atoms with Gasteiger partial charge in [-0.3, -0.25) is 0 Å². The van der Waals surface area contributed by atoms with E-state index in [0.29, 0.717) is 11.3 Å². The van der Waals surface area contributed by atoms with E-state index >= 15 is 0 Å². The van der Waals surface area contributed by atoms with Crippen LogP contribution in [0.1, 0.15) is 22.8 Å². The molecule has 1 aromatic heterocycles. The number of carbonyl (C=O) groups excluding carboxylic acids is 1. The molecule has 0 aliphatic carbocycles. The molecule has 1 heterocycles. The molecule has 1 aromatic carbocycles. The fourth-order valence-corrected chi connectivity index (χ4v) is 2.20. The highest BCUT2D eigenvalue weighted by Gasteiger charge is 2.22. The molecular formula is C19H21N3O6. The van der Waals surface area contributed by atoms with Crippen molar-refractivity contribution in [1.29, 1.82) is 0 Å². The monoisotopic (exact) mass is 387 g/mol. The van der Waals surface area contributed by atoms with Crippen molar-refractivity contribution in [3.63, 3.8) is 0 Å². The van der Waals surface area contributed by atoms with Gasteiger partial charge in [-0.1, -0.05) is 29.9 Å². The summed E-state index contributed by atoms with van der Waals surface area (Å²) in [6, 6.07) is 6.42. The number of oxime groups is 1. The summed E-state index contributed by atoms with van der Waals surface area (Å²) >= 11 is 0. The zero-order chi connectivity index (χ0) is 20.5. The van der Waals surface area contributed by atoms with Gasteiger partial charge in [0.15, 0.2) is 0 Å². The number of ether oxygens (including phenoxy) is 4. The van der Waals surface area contributed by atoms with E-state index in [-0.39, 0.29) is 35.7 Å². The van der Waals surface area contributed by atoms with E-state index in [9.17, 15) is 4.79 Å². The molecule has 0 aliphatic rings. The highest BCUT2D eigenvalue weighted by atomic mass is 16.6. The first-order valence-corrected chi connectivity index (χ1v) is 8.18. The number of carbonyl (C=O) groups is 1. The van der Waals surface area contributed by atoms with Crippen LogP contribution in [-0.2, 0) is 9.57 Å². The molecule has 0 saturated carbocycles. The molecule has 0 saturated heterocycles. The maximum absolute atomic E-state index is 12.4. The molecule has 9 nitrogen and oxygen atoms in total. The van der Waals surface area contributed by atoms with Gasteiger partial charge in [0.2, 0.25) is 11.8 Å². The molecule has 2 aromatic rings. The van der Waals surface area contributed by atoms with Crippen LogP contribution in [0, 0.1) is 0 Å². The lowest BCUT2D eigenvalue weighted by Crippen LogP contribution is -2.12. The Morgan fingerprint density at radius 1 is 1.18 bits per heavy atom. The Morgan fingerprint density at radius 2 is 1.86 bits per heavy atom. The molecule has 9 heteroatoms. The van der Waals surface area contributed by atoms with Gasteiger partial charge in [0.1, 0.15) is 17.9 Å². The van der Waals surface area contributed by atoms with E-state index in [1.165, 1.54) is 27.4 Å². The first kappa shape index (κ1) is 20.7. The zero-order valence-electron chi connectivity index (χ0n) is 16.1. The van der Waals surface area contributed by atoms with Crippen LogP contribution in [0.5, 0.6) is 23.5 Å². The quantitative estimate of drug-likeness (QED) is 0.213. The molecule has 0 bridgehead atoms. The summed E-state index contributed by atoms with van der Waals surface area (Å²) in [7, 11) is 4.18. The average Bonchev–Trinajstić information content (AvgIpc) is 2.72. The fraction of sp³-hybridized carbons (Fsp3) is 0.263. The van der Waals surface area contributed by atoms with Gasteiger partial charge in [-0.05, 0) is 13.0 Å². The molecule has 0 atom stereocenters. The Kier molecular flexibility index (Phi) is 7.32. The number of methoxy groups -OCH3 is 3. The van der Waals surface area contributed by atoms with Crippen molar-refractivity contribution in [3.05, 3.63) is 48.0 Å². The molecule has 0 spiro atoms. The summed E-state index contributed by atoms with van der Waals surface area (Å²) in [5.74, 6) is 0.0537. The van der Waals surface area contributed by atoms with E-state index in [0.717, 1.165) is 0 Å². The third-order valence-electron chi connectivity index (χ3n) is 3.48. The highest BCUT2D eigenvalue weighted by molar-refractivity contribution is 6.09. The van der Waals surface area contributed by atoms with Crippen LogP contribution in [0.4, 0.5) is 0 Å². The Bertz CT molecular complexity index is 860. The smallest absolute Gasteiger partial charge is 0.342 e. The second-order valence-electron chi connectivity index (χ2n) is 5.27. The summed E-state index contributed by atoms with van der Waals surface area (Å²) in [4.78, 5) is 25.7. The third-order valence-corrected chi connectivity index (χ3v) is 3.48. The van der Waals surface area contributed by atoms with Crippen LogP contribution >= 0.6 is 0 Å². The van der Waals surface area contributed by atoms with E-state index in [1.807, 2.05) is 0 Å². The first-order chi connectivity index (χ1) is 13.5. The summed E-state index contributed by atoms with van der Waals surface area (Å²) in [5.41, 5.74) is 1.08. The lowest BCUT2D eigenvalue weighted by Gasteiger charge is -2.13. The number of benzene rings is 1. The summed E-state index contributed by atoms with van der Waals surface area (Å²) in [5, 5.41) is 3.98. The molecule has 148 valence electrons. The normalized spacial score (nSPS) is 10.8. The Balaban J connectivity index is 2.50. The third kappa shape index (κ3) is 4.97. The molecule has 28 heavy (non-hydrogen) atoms. The number of aromatic nitrogens is 2. The van der Waals surface area contributed by atoms with Crippen molar-refractivity contribution in [2.75, 3.05) is 27.9 Å². The van der Waals surface area contributed by atoms with Crippen molar-refractivity contribution < 1.29 is 28.6 Å². The predicted molar refractivity (Wildman–Crippen MR) is 101 cm³/mol. The first-order valence-electron chi connectivity index (χ1n) is 8.18. The Hall–Kier alpha value is -3.62. The summed E-state index contributed by atoms with van der Waals surface area (Å²) in [6.07, 6.45) is 1.56. The summed E-state index contributed by atoms with van der Waals surface area (Å²) < 4.78 is 20.8.